The fourth-order valence-electron chi connectivity index (χ4n) is 2.76. The average Bonchev–Trinajstić information content (AvgIpc) is 3.15. The lowest BCUT2D eigenvalue weighted by Crippen LogP contribution is -2.48. The highest BCUT2D eigenvalue weighted by molar-refractivity contribution is 7.91. The second-order valence-electron chi connectivity index (χ2n) is 5.87. The van der Waals surface area contributed by atoms with Gasteiger partial charge in [-0.1, -0.05) is 0 Å². The Kier molecular flexibility index (Phi) is 6.47. The summed E-state index contributed by atoms with van der Waals surface area (Å²) in [6, 6.07) is 3.40. The Labute approximate surface area is 154 Å². The standard InChI is InChI=1S/C16H19F2N3O5S/c1-19-15(24)12-3-2-8-21(12)13(22)9-20-14(23)10-4-6-11(7-5-10)27(25,26)16(17)18/h4-7,12,16H,2-3,8-9H2,1H3,(H,19,24)(H,20,23). The molecule has 1 unspecified atom stereocenters. The van der Waals surface area contributed by atoms with E-state index in [0.717, 1.165) is 24.3 Å². The van der Waals surface area contributed by atoms with Gasteiger partial charge in [-0.3, -0.25) is 14.4 Å². The molecule has 11 heteroatoms. The minimum atomic E-state index is -4.74. The van der Waals surface area contributed by atoms with Gasteiger partial charge in [-0.2, -0.15) is 8.78 Å². The van der Waals surface area contributed by atoms with Crippen LogP contribution in [-0.4, -0.2) is 63.0 Å². The van der Waals surface area contributed by atoms with E-state index in [1.54, 1.807) is 0 Å². The monoisotopic (exact) mass is 403 g/mol. The molecule has 1 aliphatic heterocycles. The van der Waals surface area contributed by atoms with Crippen molar-refractivity contribution in [2.24, 2.45) is 0 Å². The quantitative estimate of drug-likeness (QED) is 0.702. The minimum absolute atomic E-state index is 0.0142. The Balaban J connectivity index is 1.97. The summed E-state index contributed by atoms with van der Waals surface area (Å²) >= 11 is 0. The van der Waals surface area contributed by atoms with E-state index in [1.165, 1.54) is 11.9 Å². The summed E-state index contributed by atoms with van der Waals surface area (Å²) in [5.74, 6) is -4.92. The molecular weight excluding hydrogens is 384 g/mol. The van der Waals surface area contributed by atoms with Crippen LogP contribution in [0, 0.1) is 0 Å². The van der Waals surface area contributed by atoms with E-state index in [4.69, 9.17) is 0 Å². The van der Waals surface area contributed by atoms with E-state index in [9.17, 15) is 31.6 Å². The van der Waals surface area contributed by atoms with Crippen LogP contribution in [0.1, 0.15) is 23.2 Å². The van der Waals surface area contributed by atoms with Crippen LogP contribution in [0.15, 0.2) is 29.2 Å². The van der Waals surface area contributed by atoms with Crippen molar-refractivity contribution in [3.63, 3.8) is 0 Å². The summed E-state index contributed by atoms with van der Waals surface area (Å²) in [6.45, 7) is 0.0659. The van der Waals surface area contributed by atoms with Crippen LogP contribution in [0.3, 0.4) is 0 Å². The average molecular weight is 403 g/mol. The number of carbonyl (C=O) groups excluding carboxylic acids is 3. The van der Waals surface area contributed by atoms with Crippen LogP contribution in [0.5, 0.6) is 0 Å². The largest absolute Gasteiger partial charge is 0.357 e. The molecule has 0 saturated carbocycles. The SMILES string of the molecule is CNC(=O)C1CCCN1C(=O)CNC(=O)c1ccc(S(=O)(=O)C(F)F)cc1. The Morgan fingerprint density at radius 2 is 1.85 bits per heavy atom. The highest BCUT2D eigenvalue weighted by Gasteiger charge is 2.33. The van der Waals surface area contributed by atoms with Gasteiger partial charge in [-0.05, 0) is 37.1 Å². The van der Waals surface area contributed by atoms with E-state index < -0.39 is 38.3 Å². The van der Waals surface area contributed by atoms with Crippen molar-refractivity contribution in [2.75, 3.05) is 20.1 Å². The van der Waals surface area contributed by atoms with Crippen molar-refractivity contribution in [3.05, 3.63) is 29.8 Å². The molecule has 1 aliphatic rings. The van der Waals surface area contributed by atoms with Crippen LogP contribution in [-0.2, 0) is 19.4 Å². The van der Waals surface area contributed by atoms with Gasteiger partial charge in [0, 0.05) is 19.2 Å². The molecule has 3 amide bonds. The first-order chi connectivity index (χ1) is 12.7. The molecular formula is C16H19F2N3O5S. The molecule has 148 valence electrons. The number of amides is 3. The van der Waals surface area contributed by atoms with Gasteiger partial charge in [0.25, 0.3) is 5.91 Å². The van der Waals surface area contributed by atoms with E-state index in [1.807, 2.05) is 0 Å². The van der Waals surface area contributed by atoms with Gasteiger partial charge in [-0.15, -0.1) is 0 Å². The lowest BCUT2D eigenvalue weighted by atomic mass is 10.2. The molecule has 27 heavy (non-hydrogen) atoms. The van der Waals surface area contributed by atoms with E-state index >= 15 is 0 Å². The van der Waals surface area contributed by atoms with Crippen molar-refractivity contribution in [2.45, 2.75) is 29.5 Å². The Hall–Kier alpha value is -2.56. The topological polar surface area (TPSA) is 113 Å². The number of likely N-dealkylation sites (N-methyl/N-ethyl adjacent to an activating group) is 1. The van der Waals surface area contributed by atoms with Gasteiger partial charge in [0.05, 0.1) is 11.4 Å². The molecule has 2 N–H and O–H groups in total. The summed E-state index contributed by atoms with van der Waals surface area (Å²) in [5.41, 5.74) is 0.0142. The lowest BCUT2D eigenvalue weighted by molar-refractivity contribution is -0.137. The highest BCUT2D eigenvalue weighted by Crippen LogP contribution is 2.19. The number of sulfone groups is 1. The number of nitrogens with one attached hydrogen (secondary N) is 2. The summed E-state index contributed by atoms with van der Waals surface area (Å²) in [5, 5.41) is 4.86. The van der Waals surface area contributed by atoms with Gasteiger partial charge in [0.2, 0.25) is 21.7 Å². The summed E-state index contributed by atoms with van der Waals surface area (Å²) in [4.78, 5) is 36.9. The lowest BCUT2D eigenvalue weighted by Gasteiger charge is -2.23. The Morgan fingerprint density at radius 1 is 1.22 bits per heavy atom. The third-order valence-electron chi connectivity index (χ3n) is 4.20. The van der Waals surface area contributed by atoms with Crippen molar-refractivity contribution in [3.8, 4) is 0 Å². The molecule has 0 bridgehead atoms. The molecule has 0 radical (unpaired) electrons. The third-order valence-corrected chi connectivity index (χ3v) is 5.60. The second kappa shape index (κ2) is 8.42. The van der Waals surface area contributed by atoms with Crippen molar-refractivity contribution < 1.29 is 31.6 Å². The second-order valence-corrected chi connectivity index (χ2v) is 7.79. The summed E-state index contributed by atoms with van der Waals surface area (Å²) < 4.78 is 47.7. The molecule has 1 aromatic rings. The van der Waals surface area contributed by atoms with Crippen LogP contribution in [0.25, 0.3) is 0 Å². The summed E-state index contributed by atoms with van der Waals surface area (Å²) in [7, 11) is -3.26. The van der Waals surface area contributed by atoms with Crippen molar-refractivity contribution in [1.82, 2.24) is 15.5 Å². The Morgan fingerprint density at radius 3 is 2.41 bits per heavy atom. The third kappa shape index (κ3) is 4.59. The van der Waals surface area contributed by atoms with Gasteiger partial charge < -0.3 is 15.5 Å². The number of rotatable bonds is 6. The smallest absolute Gasteiger partial charge is 0.341 e. The predicted octanol–water partition coefficient (Wildman–Crippen LogP) is 0.150. The van der Waals surface area contributed by atoms with E-state index in [2.05, 4.69) is 10.6 Å². The zero-order chi connectivity index (χ0) is 20.2. The van der Waals surface area contributed by atoms with Crippen LogP contribution in [0.2, 0.25) is 0 Å². The van der Waals surface area contributed by atoms with Gasteiger partial charge in [0.1, 0.15) is 6.04 Å². The molecule has 0 spiro atoms. The molecule has 1 atom stereocenters. The zero-order valence-electron chi connectivity index (χ0n) is 14.4. The molecule has 1 heterocycles. The fourth-order valence-corrected chi connectivity index (χ4v) is 3.48. The number of hydrogen-bond acceptors (Lipinski definition) is 5. The maximum atomic E-state index is 12.5. The molecule has 8 nitrogen and oxygen atoms in total. The number of benzene rings is 1. The van der Waals surface area contributed by atoms with Gasteiger partial charge in [0.15, 0.2) is 0 Å². The van der Waals surface area contributed by atoms with Gasteiger partial charge in [-0.25, -0.2) is 8.42 Å². The number of alkyl halides is 2. The maximum absolute atomic E-state index is 12.5. The summed E-state index contributed by atoms with van der Waals surface area (Å²) in [6.07, 6.45) is 1.22. The maximum Gasteiger partial charge on any atom is 0.341 e. The Bertz CT molecular complexity index is 827. The molecule has 2 rings (SSSR count). The minimum Gasteiger partial charge on any atom is -0.357 e. The molecule has 1 fully saturated rings. The number of carbonyl (C=O) groups is 3. The number of halogens is 2. The molecule has 0 aliphatic carbocycles. The molecule has 1 saturated heterocycles. The van der Waals surface area contributed by atoms with Crippen molar-refractivity contribution >= 4 is 27.6 Å². The van der Waals surface area contributed by atoms with Crippen molar-refractivity contribution in [1.29, 1.82) is 0 Å². The predicted molar refractivity (Wildman–Crippen MR) is 90.8 cm³/mol. The fraction of sp³-hybridized carbons (Fsp3) is 0.438. The first-order valence-electron chi connectivity index (χ1n) is 8.10. The van der Waals surface area contributed by atoms with E-state index in [0.29, 0.717) is 19.4 Å². The molecule has 1 aromatic carbocycles. The number of hydrogen-bond donors (Lipinski definition) is 2. The van der Waals surface area contributed by atoms with Crippen LogP contribution >= 0.6 is 0 Å². The zero-order valence-corrected chi connectivity index (χ0v) is 15.3. The highest BCUT2D eigenvalue weighted by atomic mass is 32.2. The van der Waals surface area contributed by atoms with Crippen LogP contribution in [0.4, 0.5) is 8.78 Å². The van der Waals surface area contributed by atoms with Crippen LogP contribution < -0.4 is 10.6 Å². The molecule has 0 aromatic heterocycles. The first-order valence-corrected chi connectivity index (χ1v) is 9.64. The number of nitrogens with zero attached hydrogens (tertiary/aromatic N) is 1. The normalized spacial score (nSPS) is 17.0. The van der Waals surface area contributed by atoms with Gasteiger partial charge >= 0.3 is 5.76 Å². The first kappa shape index (κ1) is 20.7. The van der Waals surface area contributed by atoms with E-state index in [-0.39, 0.29) is 18.0 Å². The number of likely N-dealkylation sites (tertiary alicyclic amines) is 1.